The van der Waals surface area contributed by atoms with E-state index in [1.807, 2.05) is 23.7 Å². The van der Waals surface area contributed by atoms with E-state index in [0.29, 0.717) is 0 Å². The molecule has 16 heavy (non-hydrogen) atoms. The molecule has 0 atom stereocenters. The highest BCUT2D eigenvalue weighted by Gasteiger charge is 2.10. The molecular formula is C13H12N2S. The molecular weight excluding hydrogens is 216 g/mol. The Morgan fingerprint density at radius 3 is 2.88 bits per heavy atom. The Bertz CT molecular complexity index is 649. The van der Waals surface area contributed by atoms with Gasteiger partial charge in [-0.3, -0.25) is 0 Å². The number of aromatic amines is 1. The molecule has 0 unspecified atom stereocenters. The lowest BCUT2D eigenvalue weighted by Gasteiger charge is -2.01. The third-order valence-electron chi connectivity index (χ3n) is 2.75. The molecule has 0 bridgehead atoms. The second-order valence-corrected chi connectivity index (χ2v) is 5.22. The van der Waals surface area contributed by atoms with Gasteiger partial charge in [-0.15, -0.1) is 11.3 Å². The maximum Gasteiger partial charge on any atom is 0.137 e. The fraction of sp³-hybridized carbons (Fsp3) is 0.154. The van der Waals surface area contributed by atoms with Crippen molar-refractivity contribution in [3.63, 3.8) is 0 Å². The lowest BCUT2D eigenvalue weighted by atomic mass is 10.1. The molecule has 0 aromatic carbocycles. The Hall–Kier alpha value is -1.61. The molecule has 3 aromatic rings. The van der Waals surface area contributed by atoms with E-state index in [-0.39, 0.29) is 0 Å². The zero-order chi connectivity index (χ0) is 11.1. The summed E-state index contributed by atoms with van der Waals surface area (Å²) in [6.07, 6.45) is 3.81. The summed E-state index contributed by atoms with van der Waals surface area (Å²) in [6, 6.07) is 6.42. The summed E-state index contributed by atoms with van der Waals surface area (Å²) in [5.74, 6) is 0. The van der Waals surface area contributed by atoms with Crippen LogP contribution in [0.25, 0.3) is 21.5 Å². The van der Waals surface area contributed by atoms with Gasteiger partial charge in [0.25, 0.3) is 0 Å². The zero-order valence-electron chi connectivity index (χ0n) is 9.24. The topological polar surface area (TPSA) is 28.7 Å². The van der Waals surface area contributed by atoms with Crippen LogP contribution in [-0.2, 0) is 0 Å². The first-order valence-electron chi connectivity index (χ1n) is 5.25. The van der Waals surface area contributed by atoms with Gasteiger partial charge in [-0.05, 0) is 37.6 Å². The molecule has 3 heteroatoms. The van der Waals surface area contributed by atoms with E-state index >= 15 is 0 Å². The standard InChI is InChI=1S/C13H12N2S/c1-8-7-9(2)16-12(8)10-3-5-14-13-11(10)4-6-15-13/h3-7H,1-2H3,(H,14,15). The molecule has 0 aliphatic carbocycles. The molecule has 0 fully saturated rings. The summed E-state index contributed by atoms with van der Waals surface area (Å²) in [5, 5.41) is 1.20. The highest BCUT2D eigenvalue weighted by molar-refractivity contribution is 7.15. The van der Waals surface area contributed by atoms with Crippen LogP contribution in [-0.4, -0.2) is 9.97 Å². The van der Waals surface area contributed by atoms with Gasteiger partial charge in [-0.25, -0.2) is 4.98 Å². The lowest BCUT2D eigenvalue weighted by Crippen LogP contribution is -1.80. The number of aromatic nitrogens is 2. The van der Waals surface area contributed by atoms with Crippen LogP contribution in [0.4, 0.5) is 0 Å². The number of aryl methyl sites for hydroxylation is 2. The fourth-order valence-corrected chi connectivity index (χ4v) is 3.13. The monoisotopic (exact) mass is 228 g/mol. The quantitative estimate of drug-likeness (QED) is 0.672. The van der Waals surface area contributed by atoms with Crippen molar-refractivity contribution in [3.05, 3.63) is 41.0 Å². The third kappa shape index (κ3) is 1.36. The summed E-state index contributed by atoms with van der Waals surface area (Å²) in [5.41, 5.74) is 3.58. The van der Waals surface area contributed by atoms with Crippen molar-refractivity contribution in [3.8, 4) is 10.4 Å². The van der Waals surface area contributed by atoms with Crippen molar-refractivity contribution >= 4 is 22.4 Å². The molecule has 0 amide bonds. The molecule has 0 aliphatic heterocycles. The average molecular weight is 228 g/mol. The zero-order valence-corrected chi connectivity index (χ0v) is 10.1. The van der Waals surface area contributed by atoms with E-state index in [9.17, 15) is 0 Å². The summed E-state index contributed by atoms with van der Waals surface area (Å²) in [7, 11) is 0. The highest BCUT2D eigenvalue weighted by atomic mass is 32.1. The molecule has 3 aromatic heterocycles. The maximum absolute atomic E-state index is 4.31. The van der Waals surface area contributed by atoms with Crippen molar-refractivity contribution in [2.24, 2.45) is 0 Å². The predicted molar refractivity (Wildman–Crippen MR) is 68.9 cm³/mol. The third-order valence-corrected chi connectivity index (χ3v) is 3.93. The Kier molecular flexibility index (Phi) is 2.07. The van der Waals surface area contributed by atoms with E-state index in [2.05, 4.69) is 42.0 Å². The Morgan fingerprint density at radius 1 is 1.25 bits per heavy atom. The number of H-pyrrole nitrogens is 1. The van der Waals surface area contributed by atoms with E-state index in [4.69, 9.17) is 0 Å². The number of hydrogen-bond acceptors (Lipinski definition) is 2. The van der Waals surface area contributed by atoms with Gasteiger partial charge in [0.2, 0.25) is 0 Å². The van der Waals surface area contributed by atoms with Crippen LogP contribution in [0.5, 0.6) is 0 Å². The number of rotatable bonds is 1. The number of thiophene rings is 1. The van der Waals surface area contributed by atoms with Crippen molar-refractivity contribution in [1.82, 2.24) is 9.97 Å². The van der Waals surface area contributed by atoms with Gasteiger partial charge >= 0.3 is 0 Å². The first-order valence-corrected chi connectivity index (χ1v) is 6.07. The molecule has 0 radical (unpaired) electrons. The van der Waals surface area contributed by atoms with Crippen LogP contribution < -0.4 is 0 Å². The average Bonchev–Trinajstić information content (AvgIpc) is 2.84. The predicted octanol–water partition coefficient (Wildman–Crippen LogP) is 3.91. The highest BCUT2D eigenvalue weighted by Crippen LogP contribution is 2.35. The van der Waals surface area contributed by atoms with Gasteiger partial charge < -0.3 is 4.98 Å². The molecule has 0 spiro atoms. The van der Waals surface area contributed by atoms with E-state index in [1.165, 1.54) is 26.3 Å². The molecule has 80 valence electrons. The van der Waals surface area contributed by atoms with Crippen LogP contribution in [0.2, 0.25) is 0 Å². The molecule has 3 rings (SSSR count). The number of fused-ring (bicyclic) bond motifs is 1. The minimum atomic E-state index is 0.961. The van der Waals surface area contributed by atoms with Gasteiger partial charge in [0.05, 0.1) is 0 Å². The van der Waals surface area contributed by atoms with Gasteiger partial charge in [0.1, 0.15) is 5.65 Å². The maximum atomic E-state index is 4.31. The van der Waals surface area contributed by atoms with Gasteiger partial charge in [-0.1, -0.05) is 0 Å². The molecule has 0 saturated carbocycles. The van der Waals surface area contributed by atoms with Gasteiger partial charge in [0.15, 0.2) is 0 Å². The minimum absolute atomic E-state index is 0.961. The largest absolute Gasteiger partial charge is 0.346 e. The number of pyridine rings is 1. The van der Waals surface area contributed by atoms with Gasteiger partial charge in [-0.2, -0.15) is 0 Å². The van der Waals surface area contributed by atoms with E-state index in [1.54, 1.807) is 0 Å². The Morgan fingerprint density at radius 2 is 2.12 bits per heavy atom. The second-order valence-electron chi connectivity index (χ2n) is 3.97. The summed E-state index contributed by atoms with van der Waals surface area (Å²) >= 11 is 1.84. The summed E-state index contributed by atoms with van der Waals surface area (Å²) < 4.78 is 0. The Labute approximate surface area is 98.0 Å². The van der Waals surface area contributed by atoms with Crippen LogP contribution in [0.15, 0.2) is 30.6 Å². The van der Waals surface area contributed by atoms with Gasteiger partial charge in [0, 0.05) is 33.1 Å². The molecule has 1 N–H and O–H groups in total. The van der Waals surface area contributed by atoms with Crippen molar-refractivity contribution < 1.29 is 0 Å². The molecule has 3 heterocycles. The normalized spacial score (nSPS) is 11.1. The van der Waals surface area contributed by atoms with Crippen LogP contribution in [0, 0.1) is 13.8 Å². The van der Waals surface area contributed by atoms with E-state index in [0.717, 1.165) is 5.65 Å². The molecule has 0 saturated heterocycles. The van der Waals surface area contributed by atoms with Crippen LogP contribution in [0.3, 0.4) is 0 Å². The smallest absolute Gasteiger partial charge is 0.137 e. The summed E-state index contributed by atoms with van der Waals surface area (Å²) in [6.45, 7) is 4.31. The minimum Gasteiger partial charge on any atom is -0.346 e. The number of nitrogens with one attached hydrogen (secondary N) is 1. The first-order chi connectivity index (χ1) is 7.75. The molecule has 2 nitrogen and oxygen atoms in total. The van der Waals surface area contributed by atoms with E-state index < -0.39 is 0 Å². The molecule has 0 aliphatic rings. The van der Waals surface area contributed by atoms with Crippen LogP contribution in [0.1, 0.15) is 10.4 Å². The van der Waals surface area contributed by atoms with Crippen molar-refractivity contribution in [2.75, 3.05) is 0 Å². The van der Waals surface area contributed by atoms with Crippen LogP contribution >= 0.6 is 11.3 Å². The van der Waals surface area contributed by atoms with Crippen molar-refractivity contribution in [1.29, 1.82) is 0 Å². The summed E-state index contributed by atoms with van der Waals surface area (Å²) in [4.78, 5) is 10.2. The Balaban J connectivity index is 2.33. The second kappa shape index (κ2) is 3.46. The number of nitrogens with zero attached hydrogens (tertiary/aromatic N) is 1. The lowest BCUT2D eigenvalue weighted by molar-refractivity contribution is 1.33. The first kappa shape index (κ1) is 9.60. The SMILES string of the molecule is Cc1cc(C)c(-c2ccnc3[nH]ccc23)s1. The number of hydrogen-bond donors (Lipinski definition) is 1. The fourth-order valence-electron chi connectivity index (χ4n) is 2.07. The van der Waals surface area contributed by atoms with Crippen molar-refractivity contribution in [2.45, 2.75) is 13.8 Å².